The number of amides is 1. The summed E-state index contributed by atoms with van der Waals surface area (Å²) in [6, 6.07) is 20.1. The van der Waals surface area contributed by atoms with Crippen molar-refractivity contribution >= 4 is 5.91 Å². The van der Waals surface area contributed by atoms with E-state index in [4.69, 9.17) is 4.74 Å². The smallest absolute Gasteiger partial charge is 0.248 e. The highest BCUT2D eigenvalue weighted by Crippen LogP contribution is 2.25. The molecule has 0 aromatic heterocycles. The summed E-state index contributed by atoms with van der Waals surface area (Å²) in [6.45, 7) is 1.86. The molecule has 3 nitrogen and oxygen atoms in total. The summed E-state index contributed by atoms with van der Waals surface area (Å²) >= 11 is 0. The molecule has 2 aromatic carbocycles. The lowest BCUT2D eigenvalue weighted by molar-refractivity contribution is -0.136. The van der Waals surface area contributed by atoms with Crippen molar-refractivity contribution < 1.29 is 9.53 Å². The van der Waals surface area contributed by atoms with Crippen LogP contribution in [0, 0.1) is 0 Å². The van der Waals surface area contributed by atoms with Crippen molar-refractivity contribution in [2.75, 3.05) is 19.7 Å². The summed E-state index contributed by atoms with van der Waals surface area (Å²) < 4.78 is 6.00. The first-order chi connectivity index (χ1) is 10.8. The van der Waals surface area contributed by atoms with E-state index in [1.165, 1.54) is 0 Å². The van der Waals surface area contributed by atoms with Crippen LogP contribution in [-0.4, -0.2) is 30.5 Å². The summed E-state index contributed by atoms with van der Waals surface area (Å²) in [7, 11) is 0. The maximum Gasteiger partial charge on any atom is 0.248 e. The molecule has 0 radical (unpaired) electrons. The number of likely N-dealkylation sites (tertiary alicyclic amines) is 1. The van der Waals surface area contributed by atoms with Crippen LogP contribution in [0.15, 0.2) is 60.7 Å². The summed E-state index contributed by atoms with van der Waals surface area (Å²) in [6.07, 6.45) is 2.01. The zero-order valence-electron chi connectivity index (χ0n) is 12.7. The molecule has 1 aliphatic heterocycles. The van der Waals surface area contributed by atoms with Crippen LogP contribution in [-0.2, 0) is 9.53 Å². The van der Waals surface area contributed by atoms with Gasteiger partial charge in [-0.2, -0.15) is 0 Å². The molecule has 114 valence electrons. The number of ether oxygens (including phenoxy) is 1. The average molecular weight is 295 g/mol. The third kappa shape index (κ3) is 3.55. The molecule has 0 aliphatic carbocycles. The molecule has 3 heteroatoms. The van der Waals surface area contributed by atoms with Crippen molar-refractivity contribution in [3.63, 3.8) is 0 Å². The summed E-state index contributed by atoms with van der Waals surface area (Å²) in [5.74, 6) is 0.0920. The lowest BCUT2D eigenvalue weighted by atomic mass is 10.0. The number of benzene rings is 2. The Morgan fingerprint density at radius 2 is 1.41 bits per heavy atom. The Morgan fingerprint density at radius 3 is 1.91 bits per heavy atom. The van der Waals surface area contributed by atoms with Crippen molar-refractivity contribution in [1.82, 2.24) is 4.90 Å². The Labute approximate surface area is 131 Å². The van der Waals surface area contributed by atoms with Gasteiger partial charge in [-0.25, -0.2) is 0 Å². The van der Waals surface area contributed by atoms with Crippen LogP contribution in [0.4, 0.5) is 0 Å². The minimum Gasteiger partial charge on any atom is -0.359 e. The van der Waals surface area contributed by atoms with E-state index in [0.717, 1.165) is 37.1 Å². The second kappa shape index (κ2) is 7.23. The van der Waals surface area contributed by atoms with Crippen molar-refractivity contribution in [2.45, 2.75) is 18.9 Å². The van der Waals surface area contributed by atoms with Crippen molar-refractivity contribution in [1.29, 1.82) is 0 Å². The topological polar surface area (TPSA) is 29.5 Å². The lowest BCUT2D eigenvalue weighted by Gasteiger charge is -2.21. The van der Waals surface area contributed by atoms with E-state index in [9.17, 15) is 4.79 Å². The monoisotopic (exact) mass is 295 g/mol. The predicted molar refractivity (Wildman–Crippen MR) is 86.5 cm³/mol. The third-order valence-corrected chi connectivity index (χ3v) is 4.04. The molecule has 1 aliphatic rings. The van der Waals surface area contributed by atoms with E-state index < -0.39 is 0 Å². The van der Waals surface area contributed by atoms with Gasteiger partial charge in [-0.1, -0.05) is 60.7 Å². The fraction of sp³-hybridized carbons (Fsp3) is 0.316. The summed E-state index contributed by atoms with van der Waals surface area (Å²) in [4.78, 5) is 14.1. The highest BCUT2D eigenvalue weighted by Gasteiger charge is 2.21. The summed E-state index contributed by atoms with van der Waals surface area (Å²) in [5, 5.41) is 0. The van der Waals surface area contributed by atoms with Gasteiger partial charge >= 0.3 is 0 Å². The SMILES string of the molecule is O=C(COC(c1ccccc1)c1ccccc1)N1CCCC1. The molecule has 0 saturated carbocycles. The molecule has 2 aromatic rings. The number of hydrogen-bond acceptors (Lipinski definition) is 2. The molecule has 3 rings (SSSR count). The van der Waals surface area contributed by atoms with E-state index in [1.807, 2.05) is 65.6 Å². The first kappa shape index (κ1) is 14.8. The molecule has 1 heterocycles. The zero-order valence-corrected chi connectivity index (χ0v) is 12.7. The van der Waals surface area contributed by atoms with Crippen molar-refractivity contribution in [3.8, 4) is 0 Å². The van der Waals surface area contributed by atoms with Crippen LogP contribution in [0.1, 0.15) is 30.1 Å². The van der Waals surface area contributed by atoms with Gasteiger partial charge in [0.1, 0.15) is 12.7 Å². The van der Waals surface area contributed by atoms with Gasteiger partial charge in [-0.3, -0.25) is 4.79 Å². The van der Waals surface area contributed by atoms with Gasteiger partial charge < -0.3 is 9.64 Å². The largest absolute Gasteiger partial charge is 0.359 e. The molecule has 0 unspecified atom stereocenters. The summed E-state index contributed by atoms with van der Waals surface area (Å²) in [5.41, 5.74) is 2.14. The molecule has 1 amide bonds. The average Bonchev–Trinajstić information content (AvgIpc) is 3.11. The normalized spacial score (nSPS) is 14.5. The molecule has 0 bridgehead atoms. The Balaban J connectivity index is 1.73. The number of carbonyl (C=O) groups is 1. The Hall–Kier alpha value is -2.13. The van der Waals surface area contributed by atoms with Crippen molar-refractivity contribution in [3.05, 3.63) is 71.8 Å². The van der Waals surface area contributed by atoms with Gasteiger partial charge in [0.2, 0.25) is 5.91 Å². The molecule has 0 spiro atoms. The van der Waals surface area contributed by atoms with Crippen LogP contribution in [0.2, 0.25) is 0 Å². The molecule has 0 N–H and O–H groups in total. The van der Waals surface area contributed by atoms with Gasteiger partial charge in [0.25, 0.3) is 0 Å². The van der Waals surface area contributed by atoms with Crippen LogP contribution in [0.5, 0.6) is 0 Å². The highest BCUT2D eigenvalue weighted by atomic mass is 16.5. The number of nitrogens with zero attached hydrogens (tertiary/aromatic N) is 1. The maximum absolute atomic E-state index is 12.2. The molecule has 1 fully saturated rings. The highest BCUT2D eigenvalue weighted by molar-refractivity contribution is 5.77. The Bertz CT molecular complexity index is 552. The number of carbonyl (C=O) groups excluding carboxylic acids is 1. The van der Waals surface area contributed by atoms with Gasteiger partial charge in [0.05, 0.1) is 0 Å². The van der Waals surface area contributed by atoms with Gasteiger partial charge in [-0.15, -0.1) is 0 Å². The zero-order chi connectivity index (χ0) is 15.2. The second-order valence-corrected chi connectivity index (χ2v) is 5.60. The van der Waals surface area contributed by atoms with Gasteiger partial charge in [0.15, 0.2) is 0 Å². The maximum atomic E-state index is 12.2. The molecular formula is C19H21NO2. The van der Waals surface area contributed by atoms with E-state index in [-0.39, 0.29) is 18.6 Å². The van der Waals surface area contributed by atoms with E-state index in [0.29, 0.717) is 0 Å². The second-order valence-electron chi connectivity index (χ2n) is 5.60. The Kier molecular flexibility index (Phi) is 4.86. The van der Waals surface area contributed by atoms with Gasteiger partial charge in [-0.05, 0) is 24.0 Å². The number of rotatable bonds is 5. The van der Waals surface area contributed by atoms with Crippen molar-refractivity contribution in [2.24, 2.45) is 0 Å². The first-order valence-electron chi connectivity index (χ1n) is 7.84. The number of hydrogen-bond donors (Lipinski definition) is 0. The predicted octanol–water partition coefficient (Wildman–Crippen LogP) is 3.42. The fourth-order valence-electron chi connectivity index (χ4n) is 2.85. The molecular weight excluding hydrogens is 274 g/mol. The van der Waals surface area contributed by atoms with Gasteiger partial charge in [0, 0.05) is 13.1 Å². The third-order valence-electron chi connectivity index (χ3n) is 4.04. The van der Waals surface area contributed by atoms with Crippen LogP contribution >= 0.6 is 0 Å². The lowest BCUT2D eigenvalue weighted by Crippen LogP contribution is -2.31. The van der Waals surface area contributed by atoms with Crippen LogP contribution < -0.4 is 0 Å². The molecule has 1 saturated heterocycles. The van der Waals surface area contributed by atoms with Crippen LogP contribution in [0.3, 0.4) is 0 Å². The van der Waals surface area contributed by atoms with E-state index >= 15 is 0 Å². The standard InChI is InChI=1S/C19H21NO2/c21-18(20-13-7-8-14-20)15-22-19(16-9-3-1-4-10-16)17-11-5-2-6-12-17/h1-6,9-12,19H,7-8,13-15H2. The molecule has 0 atom stereocenters. The first-order valence-corrected chi connectivity index (χ1v) is 7.84. The fourth-order valence-corrected chi connectivity index (χ4v) is 2.85. The van der Waals surface area contributed by atoms with Crippen LogP contribution in [0.25, 0.3) is 0 Å². The van der Waals surface area contributed by atoms with E-state index in [1.54, 1.807) is 0 Å². The van der Waals surface area contributed by atoms with E-state index in [2.05, 4.69) is 0 Å². The molecule has 22 heavy (non-hydrogen) atoms. The minimum atomic E-state index is -0.200. The quantitative estimate of drug-likeness (QED) is 0.846. The minimum absolute atomic E-state index is 0.0920. The Morgan fingerprint density at radius 1 is 0.909 bits per heavy atom.